The van der Waals surface area contributed by atoms with Crippen LogP contribution in [0.2, 0.25) is 0 Å². The molecule has 1 aliphatic rings. The van der Waals surface area contributed by atoms with Crippen molar-refractivity contribution in [3.05, 3.63) is 117 Å². The van der Waals surface area contributed by atoms with Crippen molar-refractivity contribution >= 4 is 68.2 Å². The van der Waals surface area contributed by atoms with Crippen LogP contribution in [0.1, 0.15) is 58.1 Å². The predicted molar refractivity (Wildman–Crippen MR) is 179 cm³/mol. The Balaban J connectivity index is 1.37. The summed E-state index contributed by atoms with van der Waals surface area (Å²) in [7, 11) is -4.95. The maximum Gasteiger partial charge on any atom is 0.339 e. The number of aromatic carboxylic acids is 1. The van der Waals surface area contributed by atoms with E-state index in [9.17, 15) is 42.4 Å². The van der Waals surface area contributed by atoms with Gasteiger partial charge in [-0.3, -0.25) is 24.4 Å². The number of phenols is 1. The van der Waals surface area contributed by atoms with Crippen molar-refractivity contribution < 1.29 is 42.4 Å². The van der Waals surface area contributed by atoms with E-state index in [1.54, 1.807) is 32.0 Å². The largest absolute Gasteiger partial charge is 0.507 e. The first-order valence-electron chi connectivity index (χ1n) is 14.0. The summed E-state index contributed by atoms with van der Waals surface area (Å²) < 4.78 is 34.7. The molecule has 244 valence electrons. The van der Waals surface area contributed by atoms with Gasteiger partial charge in [-0.1, -0.05) is 0 Å². The molecule has 0 saturated carbocycles. The van der Waals surface area contributed by atoms with E-state index >= 15 is 0 Å². The number of carboxylic acids is 1. The molecule has 15 heteroatoms. The van der Waals surface area contributed by atoms with Crippen LogP contribution in [0.15, 0.2) is 82.8 Å². The van der Waals surface area contributed by atoms with Gasteiger partial charge in [0.25, 0.3) is 21.9 Å². The van der Waals surface area contributed by atoms with Gasteiger partial charge in [-0.05, 0) is 109 Å². The summed E-state index contributed by atoms with van der Waals surface area (Å²) in [6.45, 7) is 3.37. The second kappa shape index (κ2) is 12.8. The van der Waals surface area contributed by atoms with Crippen molar-refractivity contribution in [3.63, 3.8) is 0 Å². The van der Waals surface area contributed by atoms with Gasteiger partial charge in [-0.25, -0.2) is 4.79 Å². The topological polar surface area (TPSA) is 238 Å². The number of nitrogens with zero attached hydrogens (tertiary/aromatic N) is 1. The zero-order valence-corrected chi connectivity index (χ0v) is 26.0. The van der Waals surface area contributed by atoms with Crippen molar-refractivity contribution in [3.8, 4) is 5.75 Å². The van der Waals surface area contributed by atoms with Crippen molar-refractivity contribution in [2.45, 2.75) is 13.8 Å². The average molecular weight is 670 g/mol. The molecule has 8 N–H and O–H groups in total. The molecule has 0 fully saturated rings. The van der Waals surface area contributed by atoms with Crippen LogP contribution in [0.25, 0.3) is 6.08 Å². The molecule has 48 heavy (non-hydrogen) atoms. The number of aryl methyl sites for hydroxylation is 2. The minimum atomic E-state index is -4.95. The number of hydrazone groups is 1. The first-order valence-corrected chi connectivity index (χ1v) is 15.4. The highest BCUT2D eigenvalue weighted by molar-refractivity contribution is 7.91. The number of hydrogen-bond acceptors (Lipinski definition) is 10. The molecule has 1 aliphatic carbocycles. The number of carbonyl (C=O) groups excluding carboxylic acids is 3. The number of ketones is 1. The number of amides is 2. The third kappa shape index (κ3) is 6.91. The van der Waals surface area contributed by atoms with Crippen LogP contribution in [-0.2, 0) is 10.1 Å². The number of hydrogen-bond donors (Lipinski definition) is 7. The number of benzene rings is 4. The second-order valence-electron chi connectivity index (χ2n) is 10.7. The van der Waals surface area contributed by atoms with Crippen LogP contribution < -0.4 is 21.8 Å². The van der Waals surface area contributed by atoms with Gasteiger partial charge in [-0.2, -0.15) is 13.5 Å². The quantitative estimate of drug-likeness (QED) is 0.0588. The molecular weight excluding hydrogens is 642 g/mol. The molecule has 14 nitrogen and oxygen atoms in total. The lowest BCUT2D eigenvalue weighted by atomic mass is 9.94. The molecule has 0 spiro atoms. The van der Waals surface area contributed by atoms with Gasteiger partial charge < -0.3 is 26.6 Å². The number of aromatic hydroxyl groups is 1. The van der Waals surface area contributed by atoms with E-state index in [1.165, 1.54) is 42.5 Å². The van der Waals surface area contributed by atoms with Crippen LogP contribution in [0.3, 0.4) is 0 Å². The lowest BCUT2D eigenvalue weighted by Gasteiger charge is -2.18. The van der Waals surface area contributed by atoms with Crippen molar-refractivity contribution in [1.29, 1.82) is 0 Å². The summed E-state index contributed by atoms with van der Waals surface area (Å²) in [5.74, 6) is -3.70. The number of carbonyl (C=O) groups is 4. The van der Waals surface area contributed by atoms with Crippen LogP contribution in [-0.4, -0.2) is 52.5 Å². The number of rotatable bonds is 8. The summed E-state index contributed by atoms with van der Waals surface area (Å²) in [5.41, 5.74) is 10.5. The average Bonchev–Trinajstić information content (AvgIpc) is 3.02. The number of allylic oxidation sites excluding steroid dienone is 1. The SMILES string of the molecule is Cc1cc(C(=O)Nc2ccc3c(c2)C=C(S(=O)(=O)O)C(=NNc2ccc(C(=O)Nc4ccc(O)c(C(=O)O)c4)cc2C)C3=O)ccc1N. The molecular formula is C33H27N5O9S. The number of nitrogen functional groups attached to an aromatic ring is 1. The Morgan fingerprint density at radius 2 is 1.42 bits per heavy atom. The Kier molecular flexibility index (Phi) is 8.83. The van der Waals surface area contributed by atoms with Crippen LogP contribution in [0.5, 0.6) is 5.75 Å². The first-order chi connectivity index (χ1) is 22.6. The first kappa shape index (κ1) is 33.1. The minimum absolute atomic E-state index is 0.0632. The van der Waals surface area contributed by atoms with E-state index in [1.807, 2.05) is 0 Å². The third-order valence-corrected chi connectivity index (χ3v) is 8.23. The van der Waals surface area contributed by atoms with Gasteiger partial charge in [0.1, 0.15) is 16.2 Å². The molecule has 4 aromatic carbocycles. The van der Waals surface area contributed by atoms with Crippen LogP contribution >= 0.6 is 0 Å². The van der Waals surface area contributed by atoms with E-state index < -0.39 is 55.6 Å². The van der Waals surface area contributed by atoms with E-state index in [-0.39, 0.29) is 28.1 Å². The lowest BCUT2D eigenvalue weighted by molar-refractivity contribution is 0.0693. The van der Waals surface area contributed by atoms with Gasteiger partial charge >= 0.3 is 5.97 Å². The zero-order valence-electron chi connectivity index (χ0n) is 25.2. The maximum atomic E-state index is 13.4. The monoisotopic (exact) mass is 669 g/mol. The summed E-state index contributed by atoms with van der Waals surface area (Å²) in [6, 6.07) is 16.9. The number of nitrogens with one attached hydrogen (secondary N) is 3. The Morgan fingerprint density at radius 1 is 0.812 bits per heavy atom. The van der Waals surface area contributed by atoms with Gasteiger partial charge in [0.2, 0.25) is 5.78 Å². The lowest BCUT2D eigenvalue weighted by Crippen LogP contribution is -2.27. The molecule has 0 unspecified atom stereocenters. The fourth-order valence-corrected chi connectivity index (χ4v) is 5.43. The smallest absolute Gasteiger partial charge is 0.339 e. The molecule has 2 amide bonds. The van der Waals surface area contributed by atoms with E-state index in [2.05, 4.69) is 21.2 Å². The highest BCUT2D eigenvalue weighted by Gasteiger charge is 2.33. The second-order valence-corrected chi connectivity index (χ2v) is 12.1. The summed E-state index contributed by atoms with van der Waals surface area (Å²) in [6.07, 6.45) is 1.06. The molecule has 0 aliphatic heterocycles. The Bertz CT molecular complexity index is 2230. The number of Topliss-reactive ketones (excluding diaryl/α,β-unsaturated/α-hetero) is 1. The van der Waals surface area contributed by atoms with E-state index in [0.717, 1.165) is 18.2 Å². The number of nitrogens with two attached hydrogens (primary N) is 1. The van der Waals surface area contributed by atoms with Crippen LogP contribution in [0.4, 0.5) is 22.7 Å². The molecule has 0 bridgehead atoms. The van der Waals surface area contributed by atoms with Gasteiger partial charge in [0, 0.05) is 33.8 Å². The van der Waals surface area contributed by atoms with Gasteiger partial charge in [-0.15, -0.1) is 0 Å². The van der Waals surface area contributed by atoms with Crippen molar-refractivity contribution in [2.75, 3.05) is 21.8 Å². The fraction of sp³-hybridized carbons (Fsp3) is 0.0606. The minimum Gasteiger partial charge on any atom is -0.507 e. The predicted octanol–water partition coefficient (Wildman–Crippen LogP) is 4.69. The van der Waals surface area contributed by atoms with E-state index in [4.69, 9.17) is 5.73 Å². The Morgan fingerprint density at radius 3 is 2.02 bits per heavy atom. The van der Waals surface area contributed by atoms with Gasteiger partial charge in [0.05, 0.1) is 5.69 Å². The summed E-state index contributed by atoms with van der Waals surface area (Å²) in [4.78, 5) is 49.5. The molecule has 0 saturated heterocycles. The molecule has 0 atom stereocenters. The zero-order chi connectivity index (χ0) is 34.9. The highest BCUT2D eigenvalue weighted by atomic mass is 32.2. The van der Waals surface area contributed by atoms with Gasteiger partial charge in [0.15, 0.2) is 5.71 Å². The number of anilines is 4. The van der Waals surface area contributed by atoms with Crippen LogP contribution in [0, 0.1) is 13.8 Å². The number of fused-ring (bicyclic) bond motifs is 1. The standard InChI is InChI=1S/C33H27N5O9S/c1-16-11-18(3-8-25(16)34)31(41)35-21-5-7-23-20(13-21)14-28(48(45,46)47)29(30(23)40)38-37-26-9-4-19(12-17(26)2)32(42)36-22-6-10-27(39)24(15-22)33(43)44/h3-15,37,39H,34H2,1-2H3,(H,35,41)(H,36,42)(H,43,44)(H,45,46,47). The fourth-order valence-electron chi connectivity index (χ4n) is 4.77. The Hall–Kier alpha value is -6.32. The maximum absolute atomic E-state index is 13.4. The summed E-state index contributed by atoms with van der Waals surface area (Å²) in [5, 5.41) is 28.1. The van der Waals surface area contributed by atoms with Crippen molar-refractivity contribution in [1.82, 2.24) is 0 Å². The molecule has 4 aromatic rings. The molecule has 0 aromatic heterocycles. The van der Waals surface area contributed by atoms with E-state index in [0.29, 0.717) is 28.1 Å². The third-order valence-electron chi connectivity index (χ3n) is 7.36. The number of carboxylic acid groups (broad SMARTS) is 1. The summed E-state index contributed by atoms with van der Waals surface area (Å²) >= 11 is 0. The van der Waals surface area contributed by atoms with Crippen molar-refractivity contribution in [2.24, 2.45) is 5.10 Å². The molecule has 0 radical (unpaired) electrons. The highest BCUT2D eigenvalue weighted by Crippen LogP contribution is 2.29. The molecule has 0 heterocycles. The Labute approximate surface area is 273 Å². The molecule has 5 rings (SSSR count). The normalized spacial score (nSPS) is 13.4.